The van der Waals surface area contributed by atoms with Crippen LogP contribution in [0.25, 0.3) is 0 Å². The highest BCUT2D eigenvalue weighted by Gasteiger charge is 2.66. The number of esters is 1. The third-order valence-electron chi connectivity index (χ3n) is 4.16. The minimum absolute atomic E-state index is 0.194. The molecule has 2 unspecified atom stereocenters. The first kappa shape index (κ1) is 16.5. The van der Waals surface area contributed by atoms with Gasteiger partial charge in [0, 0.05) is 0 Å². The molecule has 126 valence electrons. The lowest BCUT2D eigenvalue weighted by molar-refractivity contribution is -0.154. The number of epoxide rings is 1. The lowest BCUT2D eigenvalue weighted by Gasteiger charge is -2.16. The van der Waals surface area contributed by atoms with E-state index in [2.05, 4.69) is 0 Å². The van der Waals surface area contributed by atoms with Crippen LogP contribution in [0.3, 0.4) is 0 Å². The van der Waals surface area contributed by atoms with Gasteiger partial charge in [-0.2, -0.15) is 0 Å². The van der Waals surface area contributed by atoms with Crippen molar-refractivity contribution in [3.63, 3.8) is 0 Å². The van der Waals surface area contributed by atoms with Crippen LogP contribution < -0.4 is 4.74 Å². The maximum atomic E-state index is 12.8. The van der Waals surface area contributed by atoms with Crippen molar-refractivity contribution in [3.8, 4) is 5.75 Å². The van der Waals surface area contributed by atoms with Crippen LogP contribution in [0.1, 0.15) is 36.6 Å². The fourth-order valence-electron chi connectivity index (χ4n) is 2.83. The van der Waals surface area contributed by atoms with Crippen LogP contribution in [0.15, 0.2) is 48.5 Å². The summed E-state index contributed by atoms with van der Waals surface area (Å²) in [5.41, 5.74) is 1.82. The Hall–Kier alpha value is -2.33. The van der Waals surface area contributed by atoms with Gasteiger partial charge in [-0.1, -0.05) is 42.0 Å². The highest BCUT2D eigenvalue weighted by molar-refractivity contribution is 5.86. The van der Waals surface area contributed by atoms with Crippen molar-refractivity contribution in [2.75, 3.05) is 7.11 Å². The molecule has 4 heteroatoms. The molecule has 0 radical (unpaired) electrons. The molecule has 0 saturated carbocycles. The zero-order valence-electron chi connectivity index (χ0n) is 14.4. The number of benzene rings is 2. The maximum absolute atomic E-state index is 12.8. The van der Waals surface area contributed by atoms with E-state index in [-0.39, 0.29) is 18.2 Å². The zero-order valence-corrected chi connectivity index (χ0v) is 14.4. The summed E-state index contributed by atoms with van der Waals surface area (Å²) in [5, 5.41) is 0. The molecule has 0 spiro atoms. The van der Waals surface area contributed by atoms with Gasteiger partial charge in [-0.3, -0.25) is 0 Å². The third-order valence-corrected chi connectivity index (χ3v) is 4.16. The number of hydrogen-bond acceptors (Lipinski definition) is 4. The van der Waals surface area contributed by atoms with Crippen molar-refractivity contribution in [1.29, 1.82) is 0 Å². The Morgan fingerprint density at radius 3 is 2.25 bits per heavy atom. The van der Waals surface area contributed by atoms with E-state index < -0.39 is 5.60 Å². The second-order valence-electron chi connectivity index (χ2n) is 6.33. The SMILES string of the molecule is COc1ccc(C2OC2(C(=O)OC(C)C)c2ccc(C)cc2)cc1. The van der Waals surface area contributed by atoms with Crippen LogP contribution >= 0.6 is 0 Å². The summed E-state index contributed by atoms with van der Waals surface area (Å²) in [6.45, 7) is 5.69. The molecule has 1 saturated heterocycles. The van der Waals surface area contributed by atoms with E-state index in [1.165, 1.54) is 0 Å². The van der Waals surface area contributed by atoms with Gasteiger partial charge in [0.25, 0.3) is 0 Å². The Morgan fingerprint density at radius 2 is 1.71 bits per heavy atom. The van der Waals surface area contributed by atoms with Gasteiger partial charge in [0.15, 0.2) is 0 Å². The van der Waals surface area contributed by atoms with Crippen LogP contribution in [0.4, 0.5) is 0 Å². The summed E-state index contributed by atoms with van der Waals surface area (Å²) >= 11 is 0. The number of hydrogen-bond donors (Lipinski definition) is 0. The lowest BCUT2D eigenvalue weighted by atomic mass is 9.91. The minimum Gasteiger partial charge on any atom is -0.497 e. The average Bonchev–Trinajstić information content (AvgIpc) is 3.32. The fourth-order valence-corrected chi connectivity index (χ4v) is 2.83. The number of aryl methyl sites for hydroxylation is 1. The van der Waals surface area contributed by atoms with Crippen LogP contribution in [0, 0.1) is 6.92 Å². The van der Waals surface area contributed by atoms with Gasteiger partial charge in [0.05, 0.1) is 13.2 Å². The predicted octanol–water partition coefficient (Wildman–Crippen LogP) is 3.92. The van der Waals surface area contributed by atoms with Gasteiger partial charge in [-0.15, -0.1) is 0 Å². The molecule has 1 aliphatic rings. The molecule has 0 aliphatic carbocycles. The van der Waals surface area contributed by atoms with E-state index in [0.717, 1.165) is 22.4 Å². The van der Waals surface area contributed by atoms with Crippen molar-refractivity contribution < 1.29 is 19.0 Å². The van der Waals surface area contributed by atoms with Gasteiger partial charge in [0.1, 0.15) is 11.9 Å². The molecule has 2 aromatic carbocycles. The monoisotopic (exact) mass is 326 g/mol. The van der Waals surface area contributed by atoms with E-state index in [1.807, 2.05) is 69.3 Å². The first-order valence-electron chi connectivity index (χ1n) is 8.07. The number of carbonyl (C=O) groups is 1. The molecule has 0 amide bonds. The van der Waals surface area contributed by atoms with E-state index in [1.54, 1.807) is 7.11 Å². The maximum Gasteiger partial charge on any atom is 0.346 e. The van der Waals surface area contributed by atoms with Gasteiger partial charge < -0.3 is 14.2 Å². The van der Waals surface area contributed by atoms with Crippen LogP contribution in [-0.4, -0.2) is 19.2 Å². The first-order chi connectivity index (χ1) is 11.5. The van der Waals surface area contributed by atoms with Crippen molar-refractivity contribution in [1.82, 2.24) is 0 Å². The molecule has 3 rings (SSSR count). The Morgan fingerprint density at radius 1 is 1.08 bits per heavy atom. The van der Waals surface area contributed by atoms with E-state index >= 15 is 0 Å². The van der Waals surface area contributed by atoms with Crippen molar-refractivity contribution in [2.24, 2.45) is 0 Å². The van der Waals surface area contributed by atoms with Gasteiger partial charge in [0.2, 0.25) is 5.60 Å². The van der Waals surface area contributed by atoms with E-state index in [0.29, 0.717) is 0 Å². The predicted molar refractivity (Wildman–Crippen MR) is 90.9 cm³/mol. The molecule has 0 bridgehead atoms. The molecule has 0 aromatic heterocycles. The summed E-state index contributed by atoms with van der Waals surface area (Å²) in [7, 11) is 1.62. The topological polar surface area (TPSA) is 48.1 Å². The molecule has 24 heavy (non-hydrogen) atoms. The average molecular weight is 326 g/mol. The molecule has 1 fully saturated rings. The van der Waals surface area contributed by atoms with E-state index in [4.69, 9.17) is 14.2 Å². The van der Waals surface area contributed by atoms with Gasteiger partial charge in [-0.05, 0) is 44.0 Å². The molecule has 1 aliphatic heterocycles. The highest BCUT2D eigenvalue weighted by atomic mass is 16.7. The Labute approximate surface area is 142 Å². The second-order valence-corrected chi connectivity index (χ2v) is 6.33. The largest absolute Gasteiger partial charge is 0.497 e. The lowest BCUT2D eigenvalue weighted by Crippen LogP contribution is -2.28. The van der Waals surface area contributed by atoms with Crippen LogP contribution in [0.2, 0.25) is 0 Å². The van der Waals surface area contributed by atoms with Crippen molar-refractivity contribution >= 4 is 5.97 Å². The number of carbonyl (C=O) groups excluding carboxylic acids is 1. The third kappa shape index (κ3) is 2.89. The van der Waals surface area contributed by atoms with Crippen LogP contribution in [-0.2, 0) is 19.9 Å². The number of ether oxygens (including phenoxy) is 3. The van der Waals surface area contributed by atoms with Gasteiger partial charge in [-0.25, -0.2) is 4.79 Å². The molecule has 2 atom stereocenters. The Bertz CT molecular complexity index is 718. The normalized spacial score (nSPS) is 22.3. The fraction of sp³-hybridized carbons (Fsp3) is 0.350. The second kappa shape index (κ2) is 6.29. The molecule has 4 nitrogen and oxygen atoms in total. The molecule has 1 heterocycles. The summed E-state index contributed by atoms with van der Waals surface area (Å²) in [6.07, 6.45) is -0.544. The van der Waals surface area contributed by atoms with E-state index in [9.17, 15) is 4.79 Å². The number of methoxy groups -OCH3 is 1. The summed E-state index contributed by atoms with van der Waals surface area (Å²) in [4.78, 5) is 12.8. The molecular weight excluding hydrogens is 304 g/mol. The van der Waals surface area contributed by atoms with Crippen molar-refractivity contribution in [2.45, 2.75) is 38.6 Å². The minimum atomic E-state index is -1.06. The smallest absolute Gasteiger partial charge is 0.346 e. The Balaban J connectivity index is 1.95. The zero-order chi connectivity index (χ0) is 17.3. The quantitative estimate of drug-likeness (QED) is 0.617. The molecule has 2 aromatic rings. The summed E-state index contributed by atoms with van der Waals surface area (Å²) in [5.74, 6) is 0.423. The highest BCUT2D eigenvalue weighted by Crippen LogP contribution is 2.58. The summed E-state index contributed by atoms with van der Waals surface area (Å²) in [6, 6.07) is 15.4. The van der Waals surface area contributed by atoms with Crippen LogP contribution in [0.5, 0.6) is 5.75 Å². The summed E-state index contributed by atoms with van der Waals surface area (Å²) < 4.78 is 16.6. The molecular formula is C20H22O4. The van der Waals surface area contributed by atoms with Crippen molar-refractivity contribution in [3.05, 3.63) is 65.2 Å². The van der Waals surface area contributed by atoms with Gasteiger partial charge >= 0.3 is 5.97 Å². The molecule has 0 N–H and O–H groups in total. The first-order valence-corrected chi connectivity index (χ1v) is 8.07. The Kier molecular flexibility index (Phi) is 4.33. The standard InChI is InChI=1S/C20H22O4/c1-13(2)23-19(21)20(16-9-5-14(3)6-10-16)18(24-20)15-7-11-17(22-4)12-8-15/h5-13,18H,1-4H3. The number of rotatable bonds is 5.